The van der Waals surface area contributed by atoms with Crippen LogP contribution in [0.3, 0.4) is 0 Å². The van der Waals surface area contributed by atoms with Gasteiger partial charge in [-0.15, -0.1) is 0 Å². The van der Waals surface area contributed by atoms with Crippen molar-refractivity contribution in [3.63, 3.8) is 0 Å². The van der Waals surface area contributed by atoms with Gasteiger partial charge in [-0.05, 0) is 48.5 Å². The molecule has 2 nitrogen and oxygen atoms in total. The summed E-state index contributed by atoms with van der Waals surface area (Å²) in [4.78, 5) is 1.99. The molecule has 0 N–H and O–H groups in total. The van der Waals surface area contributed by atoms with Crippen LogP contribution >= 0.6 is 0 Å². The highest BCUT2D eigenvalue weighted by Crippen LogP contribution is 2.35. The molecule has 25 heavy (non-hydrogen) atoms. The lowest BCUT2D eigenvalue weighted by Crippen LogP contribution is -2.09. The topological polar surface area (TPSA) is 12.5 Å². The van der Waals surface area contributed by atoms with Crippen LogP contribution in [0, 0.1) is 0 Å². The van der Waals surface area contributed by atoms with E-state index >= 15 is 0 Å². The molecule has 0 aromatic heterocycles. The molecule has 5 heteroatoms. The number of para-hydroxylation sites is 2. The van der Waals surface area contributed by atoms with E-state index in [0.29, 0.717) is 0 Å². The van der Waals surface area contributed by atoms with Crippen molar-refractivity contribution in [3.05, 3.63) is 97.0 Å². The summed E-state index contributed by atoms with van der Waals surface area (Å²) in [5.41, 5.74) is 2.65. The normalized spacial score (nSPS) is 10.2. The third-order valence-electron chi connectivity index (χ3n) is 3.48. The molecule has 0 amide bonds. The molecule has 0 saturated heterocycles. The fourth-order valence-corrected chi connectivity index (χ4v) is 2.41. The van der Waals surface area contributed by atoms with Crippen LogP contribution in [-0.2, 0) is 0 Å². The van der Waals surface area contributed by atoms with E-state index in [-0.39, 0.29) is 5.75 Å². The lowest BCUT2D eigenvalue weighted by atomic mass is 10.2. The van der Waals surface area contributed by atoms with Gasteiger partial charge in [0.25, 0.3) is 0 Å². The number of benzene rings is 3. The fourth-order valence-electron chi connectivity index (χ4n) is 2.41. The average Bonchev–Trinajstić information content (AvgIpc) is 2.65. The first kappa shape index (κ1) is 16.6. The molecule has 3 aromatic carbocycles. The molecule has 0 heterocycles. The van der Waals surface area contributed by atoms with Gasteiger partial charge in [-0.3, -0.25) is 0 Å². The van der Waals surface area contributed by atoms with E-state index < -0.39 is 12.1 Å². The molecule has 0 bridgehead atoms. The lowest BCUT2D eigenvalue weighted by molar-refractivity contribution is 0.241. The van der Waals surface area contributed by atoms with Gasteiger partial charge in [0.1, 0.15) is 5.75 Å². The molecule has 3 rings (SSSR count). The molecule has 3 aromatic rings. The van der Waals surface area contributed by atoms with E-state index in [1.165, 1.54) is 12.1 Å². The zero-order chi connectivity index (χ0) is 17.6. The maximum Gasteiger partial charge on any atom is 0.344 e. The first-order valence-corrected chi connectivity index (χ1v) is 7.54. The number of ether oxygens (including phenoxy) is 1. The quantitative estimate of drug-likeness (QED) is 0.487. The number of nitrogens with zero attached hydrogens (tertiary/aromatic N) is 1. The van der Waals surface area contributed by atoms with E-state index in [1.54, 1.807) is 12.1 Å². The minimum Gasteiger partial charge on any atom is -0.428 e. The van der Waals surface area contributed by atoms with Gasteiger partial charge >= 0.3 is 12.1 Å². The first-order valence-electron chi connectivity index (χ1n) is 7.54. The maximum atomic E-state index is 12.9. The Bertz CT molecular complexity index is 806. The van der Waals surface area contributed by atoms with Gasteiger partial charge in [-0.2, -0.15) is 13.2 Å². The molecular weight excluding hydrogens is 327 g/mol. The summed E-state index contributed by atoms with van der Waals surface area (Å²) in [6, 6.07) is 23.7. The summed E-state index contributed by atoms with van der Waals surface area (Å²) < 4.78 is 41.6. The number of halogens is 3. The predicted octanol–water partition coefficient (Wildman–Crippen LogP) is 6.57. The van der Waals surface area contributed by atoms with Crippen molar-refractivity contribution in [3.8, 4) is 5.75 Å². The third kappa shape index (κ3) is 4.01. The van der Waals surface area contributed by atoms with Crippen molar-refractivity contribution in [1.82, 2.24) is 0 Å². The fraction of sp³-hybridized carbons (Fsp3) is 0. The molecule has 0 aliphatic carbocycles. The predicted molar refractivity (Wildman–Crippen MR) is 92.1 cm³/mol. The van der Waals surface area contributed by atoms with Crippen molar-refractivity contribution in [1.29, 1.82) is 0 Å². The summed E-state index contributed by atoms with van der Waals surface area (Å²) in [6.45, 7) is 0. The van der Waals surface area contributed by atoms with Crippen molar-refractivity contribution < 1.29 is 17.9 Å². The highest BCUT2D eigenvalue weighted by Gasteiger charge is 2.13. The van der Waals surface area contributed by atoms with Crippen molar-refractivity contribution >= 4 is 17.1 Å². The van der Waals surface area contributed by atoms with Crippen LogP contribution in [-0.4, -0.2) is 0 Å². The number of hydrogen-bond donors (Lipinski definition) is 0. The Kier molecular flexibility index (Phi) is 5.04. The minimum atomic E-state index is -2.49. The van der Waals surface area contributed by atoms with Gasteiger partial charge in [-0.25, -0.2) is 0 Å². The summed E-state index contributed by atoms with van der Waals surface area (Å²) in [7, 11) is 0. The smallest absolute Gasteiger partial charge is 0.344 e. The van der Waals surface area contributed by atoms with E-state index in [1.807, 2.05) is 65.6 Å². The molecular formula is C20H14F3NO. The molecule has 0 aliphatic heterocycles. The van der Waals surface area contributed by atoms with Crippen LogP contribution in [0.4, 0.5) is 30.2 Å². The Balaban J connectivity index is 1.96. The third-order valence-corrected chi connectivity index (χ3v) is 3.48. The van der Waals surface area contributed by atoms with Crippen molar-refractivity contribution in [2.75, 3.05) is 4.90 Å². The van der Waals surface area contributed by atoms with Crippen LogP contribution < -0.4 is 9.64 Å². The molecule has 0 saturated carbocycles. The first-order chi connectivity index (χ1) is 12.1. The molecule has 0 radical (unpaired) electrons. The Hall–Kier alpha value is -3.21. The van der Waals surface area contributed by atoms with Crippen LogP contribution in [0.25, 0.3) is 0 Å². The Morgan fingerprint density at radius 2 is 1.04 bits per heavy atom. The molecule has 0 fully saturated rings. The zero-order valence-corrected chi connectivity index (χ0v) is 13.1. The van der Waals surface area contributed by atoms with E-state index in [0.717, 1.165) is 17.1 Å². The molecule has 0 aliphatic rings. The van der Waals surface area contributed by atoms with Gasteiger partial charge in [0.15, 0.2) is 0 Å². The van der Waals surface area contributed by atoms with Gasteiger partial charge in [0.05, 0.1) is 0 Å². The van der Waals surface area contributed by atoms with Gasteiger partial charge in [-0.1, -0.05) is 36.4 Å². The highest BCUT2D eigenvalue weighted by atomic mass is 19.3. The number of rotatable bonds is 5. The summed E-state index contributed by atoms with van der Waals surface area (Å²) in [5.74, 6) is -0.00452. The maximum absolute atomic E-state index is 12.9. The average molecular weight is 341 g/mol. The Morgan fingerprint density at radius 3 is 1.48 bits per heavy atom. The van der Waals surface area contributed by atoms with Gasteiger partial charge in [0.2, 0.25) is 0 Å². The van der Waals surface area contributed by atoms with Gasteiger partial charge in [0, 0.05) is 17.1 Å². The zero-order valence-electron chi connectivity index (χ0n) is 13.1. The monoisotopic (exact) mass is 341 g/mol. The van der Waals surface area contributed by atoms with Crippen LogP contribution in [0.15, 0.2) is 97.0 Å². The van der Waals surface area contributed by atoms with E-state index in [4.69, 9.17) is 0 Å². The van der Waals surface area contributed by atoms with Crippen molar-refractivity contribution in [2.24, 2.45) is 0 Å². The SMILES string of the molecule is FC(F)=C(F)Oc1ccc(N(c2ccccc2)c2ccccc2)cc1. The summed E-state index contributed by atoms with van der Waals surface area (Å²) in [6.07, 6.45) is -2.49. The van der Waals surface area contributed by atoms with Crippen molar-refractivity contribution in [2.45, 2.75) is 0 Å². The lowest BCUT2D eigenvalue weighted by Gasteiger charge is -2.25. The number of hydrogen-bond acceptors (Lipinski definition) is 2. The molecule has 0 unspecified atom stereocenters. The van der Waals surface area contributed by atoms with Crippen LogP contribution in [0.5, 0.6) is 5.75 Å². The van der Waals surface area contributed by atoms with Gasteiger partial charge < -0.3 is 9.64 Å². The largest absolute Gasteiger partial charge is 0.428 e. The van der Waals surface area contributed by atoms with E-state index in [2.05, 4.69) is 4.74 Å². The van der Waals surface area contributed by atoms with Crippen LogP contribution in [0.2, 0.25) is 0 Å². The number of anilines is 3. The summed E-state index contributed by atoms with van der Waals surface area (Å²) in [5, 5.41) is 0. The highest BCUT2D eigenvalue weighted by molar-refractivity contribution is 5.76. The summed E-state index contributed by atoms with van der Waals surface area (Å²) >= 11 is 0. The minimum absolute atomic E-state index is 0.00452. The molecule has 0 atom stereocenters. The molecule has 0 spiro atoms. The molecule has 126 valence electrons. The second-order valence-electron chi connectivity index (χ2n) is 5.14. The Labute approximate surface area is 143 Å². The second kappa shape index (κ2) is 7.57. The second-order valence-corrected chi connectivity index (χ2v) is 5.14. The standard InChI is InChI=1S/C20H14F3NO/c21-19(22)20(23)25-18-13-11-17(12-14-18)24(15-7-3-1-4-8-15)16-9-5-2-6-10-16/h1-14H. The Morgan fingerprint density at radius 1 is 0.600 bits per heavy atom. The van der Waals surface area contributed by atoms with Crippen LogP contribution in [0.1, 0.15) is 0 Å². The van der Waals surface area contributed by atoms with E-state index in [9.17, 15) is 13.2 Å².